The van der Waals surface area contributed by atoms with Crippen LogP contribution in [0.2, 0.25) is 0 Å². The van der Waals surface area contributed by atoms with E-state index in [9.17, 15) is 0 Å². The Morgan fingerprint density at radius 1 is 0.173 bits per heavy atom. The minimum atomic E-state index is -0.371. The molecule has 0 fully saturated rings. The van der Waals surface area contributed by atoms with E-state index in [-0.39, 0.29) is 10.8 Å². The molecule has 0 heterocycles. The lowest BCUT2D eigenvalue weighted by atomic mass is 9.70. The minimum absolute atomic E-state index is 0.371. The highest BCUT2D eigenvalue weighted by atomic mass is 15.1. The van der Waals surface area contributed by atoms with Crippen LogP contribution >= 0.6 is 0 Å². The van der Waals surface area contributed by atoms with E-state index < -0.39 is 0 Å². The van der Waals surface area contributed by atoms with Crippen molar-refractivity contribution in [3.05, 3.63) is 330 Å². The smallest absolute Gasteiger partial charge is 0.0725 e. The molecule has 12 aromatic carbocycles. The number of nitrogens with zero attached hydrogens (tertiary/aromatic N) is 1. The van der Waals surface area contributed by atoms with E-state index in [4.69, 9.17) is 0 Å². The highest BCUT2D eigenvalue weighted by Crippen LogP contribution is 2.65. The van der Waals surface area contributed by atoms with Gasteiger partial charge in [0, 0.05) is 17.1 Å². The van der Waals surface area contributed by atoms with E-state index in [0.29, 0.717) is 0 Å². The molecule has 0 saturated carbocycles. The van der Waals surface area contributed by atoms with Gasteiger partial charge in [-0.05, 0) is 171 Å². The van der Waals surface area contributed by atoms with Gasteiger partial charge < -0.3 is 4.90 Å². The fourth-order valence-corrected chi connectivity index (χ4v) is 14.1. The molecule has 0 aliphatic heterocycles. The van der Waals surface area contributed by atoms with E-state index in [1.165, 1.54) is 122 Å². The Hall–Kier alpha value is -9.56. The maximum atomic E-state index is 2.45. The van der Waals surface area contributed by atoms with Crippen molar-refractivity contribution in [2.45, 2.75) is 10.8 Å². The summed E-state index contributed by atoms with van der Waals surface area (Å²) in [5.74, 6) is 0. The zero-order valence-electron chi connectivity index (χ0n) is 41.1. The first kappa shape index (κ1) is 42.0. The molecule has 0 N–H and O–H groups in total. The predicted octanol–water partition coefficient (Wildman–Crippen LogP) is 18.8. The van der Waals surface area contributed by atoms with Crippen molar-refractivity contribution < 1.29 is 0 Å². The average Bonchev–Trinajstić information content (AvgIpc) is 4.29. The highest BCUT2D eigenvalue weighted by molar-refractivity contribution is 5.98. The minimum Gasteiger partial charge on any atom is -0.310 e. The largest absolute Gasteiger partial charge is 0.310 e. The molecule has 0 bridgehead atoms. The highest BCUT2D eigenvalue weighted by Gasteiger charge is 2.53. The SMILES string of the molecule is c1ccc(-c2ccc(N(c3cccc(-c4ccc5c(c4)-c4ccccc4C54c5ccccc5-c5ccccc54)c3)c3cccc(-c4ccc5c(c4)-c4ccccc4C54c5ccccc5-c5ccccc54)c3)cc2)cc1. The van der Waals surface area contributed by atoms with Crippen molar-refractivity contribution in [3.63, 3.8) is 0 Å². The molecule has 0 radical (unpaired) electrons. The van der Waals surface area contributed by atoms with Crippen LogP contribution in [0.25, 0.3) is 77.9 Å². The van der Waals surface area contributed by atoms with Crippen LogP contribution in [0, 0.1) is 0 Å². The normalized spacial score (nSPS) is 13.8. The summed E-state index contributed by atoms with van der Waals surface area (Å²) in [7, 11) is 0. The van der Waals surface area contributed by atoms with E-state index >= 15 is 0 Å². The molecule has 4 aliphatic rings. The molecule has 1 heteroatoms. The zero-order chi connectivity index (χ0) is 49.2. The number of anilines is 3. The van der Waals surface area contributed by atoms with Crippen LogP contribution in [0.5, 0.6) is 0 Å². The Morgan fingerprint density at radius 3 is 0.840 bits per heavy atom. The van der Waals surface area contributed by atoms with Gasteiger partial charge in [-0.1, -0.05) is 237 Å². The van der Waals surface area contributed by atoms with Gasteiger partial charge in [0.05, 0.1) is 10.8 Å². The Bertz CT molecular complexity index is 3980. The lowest BCUT2D eigenvalue weighted by Gasteiger charge is -2.30. The molecule has 16 rings (SSSR count). The second-order valence-corrected chi connectivity index (χ2v) is 20.6. The third-order valence-corrected chi connectivity index (χ3v) is 17.1. The maximum Gasteiger partial charge on any atom is 0.0725 e. The van der Waals surface area contributed by atoms with Crippen molar-refractivity contribution in [1.82, 2.24) is 0 Å². The van der Waals surface area contributed by atoms with Gasteiger partial charge in [-0.3, -0.25) is 0 Å². The van der Waals surface area contributed by atoms with E-state index in [1.807, 2.05) is 0 Å². The lowest BCUT2D eigenvalue weighted by Crippen LogP contribution is -2.25. The fourth-order valence-electron chi connectivity index (χ4n) is 14.1. The van der Waals surface area contributed by atoms with Crippen molar-refractivity contribution in [3.8, 4) is 77.9 Å². The molecule has 0 amide bonds. The van der Waals surface area contributed by atoms with Gasteiger partial charge in [0.15, 0.2) is 0 Å². The molecule has 348 valence electrons. The average molecular weight is 950 g/mol. The molecule has 2 spiro atoms. The van der Waals surface area contributed by atoms with Crippen LogP contribution in [-0.2, 0) is 10.8 Å². The number of rotatable bonds is 6. The summed E-state index contributed by atoms with van der Waals surface area (Å²) in [6, 6.07) is 107. The van der Waals surface area contributed by atoms with Crippen molar-refractivity contribution >= 4 is 17.1 Å². The molecular weight excluding hydrogens is 903 g/mol. The molecular formula is C74H47N. The van der Waals surface area contributed by atoms with Gasteiger partial charge in [-0.2, -0.15) is 0 Å². The molecule has 0 atom stereocenters. The molecule has 1 nitrogen and oxygen atoms in total. The number of benzene rings is 12. The van der Waals surface area contributed by atoms with Crippen LogP contribution in [0.3, 0.4) is 0 Å². The zero-order valence-corrected chi connectivity index (χ0v) is 41.1. The summed E-state index contributed by atoms with van der Waals surface area (Å²) in [6.07, 6.45) is 0. The predicted molar refractivity (Wildman–Crippen MR) is 310 cm³/mol. The molecule has 4 aliphatic carbocycles. The topological polar surface area (TPSA) is 3.24 Å². The Morgan fingerprint density at radius 2 is 0.453 bits per heavy atom. The van der Waals surface area contributed by atoms with Gasteiger partial charge in [-0.15, -0.1) is 0 Å². The third kappa shape index (κ3) is 5.78. The second kappa shape index (κ2) is 16.0. The third-order valence-electron chi connectivity index (χ3n) is 17.1. The monoisotopic (exact) mass is 949 g/mol. The molecule has 0 saturated heterocycles. The molecule has 75 heavy (non-hydrogen) atoms. The van der Waals surface area contributed by atoms with Crippen LogP contribution in [-0.4, -0.2) is 0 Å². The first-order valence-corrected chi connectivity index (χ1v) is 26.2. The van der Waals surface area contributed by atoms with Crippen LogP contribution < -0.4 is 4.90 Å². The number of hydrogen-bond donors (Lipinski definition) is 0. The summed E-state index contributed by atoms with van der Waals surface area (Å²) in [6.45, 7) is 0. The summed E-state index contributed by atoms with van der Waals surface area (Å²) in [5.41, 5.74) is 31.0. The maximum absolute atomic E-state index is 2.45. The fraction of sp³-hybridized carbons (Fsp3) is 0.0270. The Kier molecular flexibility index (Phi) is 8.94. The van der Waals surface area contributed by atoms with E-state index in [0.717, 1.165) is 17.1 Å². The molecule has 12 aromatic rings. The van der Waals surface area contributed by atoms with Crippen molar-refractivity contribution in [2.24, 2.45) is 0 Å². The number of fused-ring (bicyclic) bond motifs is 20. The van der Waals surface area contributed by atoms with Gasteiger partial charge in [0.25, 0.3) is 0 Å². The standard InChI is InChI=1S/C74H47N/c1-2-18-48(19-3-1)49-36-40-54(41-37-49)75(55-22-16-20-50(44-55)52-38-42-71-63(46-52)61-28-8-14-34-69(61)73(71)65-30-10-4-24-57(65)58-25-5-11-31-66(58)73)56-23-17-21-51(45-56)53-39-43-72-64(47-53)62-29-9-15-35-70(62)74(72)67-32-12-6-26-59(67)60-27-7-13-33-68(60)74/h1-47H. The van der Waals surface area contributed by atoms with Crippen LogP contribution in [0.15, 0.2) is 285 Å². The first-order valence-electron chi connectivity index (χ1n) is 26.2. The summed E-state index contributed by atoms with van der Waals surface area (Å²) in [4.78, 5) is 2.43. The van der Waals surface area contributed by atoms with Gasteiger partial charge in [0.2, 0.25) is 0 Å². The quantitative estimate of drug-likeness (QED) is 0.161. The summed E-state index contributed by atoms with van der Waals surface area (Å²) >= 11 is 0. The van der Waals surface area contributed by atoms with Gasteiger partial charge in [-0.25, -0.2) is 0 Å². The van der Waals surface area contributed by atoms with E-state index in [1.54, 1.807) is 0 Å². The Balaban J connectivity index is 0.828. The Labute approximate surface area is 438 Å². The molecule has 0 aromatic heterocycles. The van der Waals surface area contributed by atoms with Gasteiger partial charge >= 0.3 is 0 Å². The van der Waals surface area contributed by atoms with Crippen molar-refractivity contribution in [1.29, 1.82) is 0 Å². The van der Waals surface area contributed by atoms with Crippen LogP contribution in [0.4, 0.5) is 17.1 Å². The second-order valence-electron chi connectivity index (χ2n) is 20.6. The molecule has 0 unspecified atom stereocenters. The van der Waals surface area contributed by atoms with E-state index in [2.05, 4.69) is 290 Å². The van der Waals surface area contributed by atoms with Crippen molar-refractivity contribution in [2.75, 3.05) is 4.90 Å². The summed E-state index contributed by atoms with van der Waals surface area (Å²) in [5, 5.41) is 0. The van der Waals surface area contributed by atoms with Gasteiger partial charge in [0.1, 0.15) is 0 Å². The van der Waals surface area contributed by atoms with Crippen LogP contribution in [0.1, 0.15) is 44.5 Å². The summed E-state index contributed by atoms with van der Waals surface area (Å²) < 4.78 is 0. The number of hydrogen-bond acceptors (Lipinski definition) is 1. The lowest BCUT2D eigenvalue weighted by molar-refractivity contribution is 0.794. The first-order chi connectivity index (χ1) is 37.2.